The van der Waals surface area contributed by atoms with Crippen LogP contribution in [0.2, 0.25) is 0 Å². The molecule has 12 heavy (non-hydrogen) atoms. The zero-order valence-corrected chi connectivity index (χ0v) is 7.35. The van der Waals surface area contributed by atoms with Crippen LogP contribution in [0.3, 0.4) is 0 Å². The first-order chi connectivity index (χ1) is 5.88. The standard InChI is InChI=1S/C9H17FN2/c10-9-6-12-5-8(9)7-1-3-11-4-2-7/h7-9,11-12H,1-6H2. The van der Waals surface area contributed by atoms with Crippen molar-refractivity contribution in [3.05, 3.63) is 0 Å². The Kier molecular flexibility index (Phi) is 2.61. The van der Waals surface area contributed by atoms with Crippen LogP contribution in [-0.2, 0) is 0 Å². The Morgan fingerprint density at radius 3 is 2.33 bits per heavy atom. The van der Waals surface area contributed by atoms with Gasteiger partial charge in [0.1, 0.15) is 6.17 Å². The van der Waals surface area contributed by atoms with Gasteiger partial charge < -0.3 is 10.6 Å². The molecular formula is C9H17FN2. The number of piperidine rings is 1. The predicted molar refractivity (Wildman–Crippen MR) is 46.8 cm³/mol. The molecule has 2 saturated heterocycles. The van der Waals surface area contributed by atoms with Crippen LogP contribution in [0.4, 0.5) is 4.39 Å². The number of hydrogen-bond acceptors (Lipinski definition) is 2. The SMILES string of the molecule is FC1CNCC1C1CCNCC1. The van der Waals surface area contributed by atoms with E-state index in [1.54, 1.807) is 0 Å². The summed E-state index contributed by atoms with van der Waals surface area (Å²) in [7, 11) is 0. The van der Waals surface area contributed by atoms with Gasteiger partial charge in [-0.05, 0) is 31.8 Å². The van der Waals surface area contributed by atoms with Gasteiger partial charge in [0, 0.05) is 19.0 Å². The summed E-state index contributed by atoms with van der Waals surface area (Å²) in [5.74, 6) is 0.920. The first-order valence-corrected chi connectivity index (χ1v) is 4.93. The average Bonchev–Trinajstić information content (AvgIpc) is 2.53. The molecule has 0 aromatic rings. The Morgan fingerprint density at radius 1 is 1.00 bits per heavy atom. The number of alkyl halides is 1. The quantitative estimate of drug-likeness (QED) is 0.603. The van der Waals surface area contributed by atoms with E-state index in [4.69, 9.17) is 0 Å². The van der Waals surface area contributed by atoms with Crippen LogP contribution >= 0.6 is 0 Å². The van der Waals surface area contributed by atoms with E-state index in [1.807, 2.05) is 0 Å². The maximum Gasteiger partial charge on any atom is 0.117 e. The van der Waals surface area contributed by atoms with Crippen molar-refractivity contribution in [1.82, 2.24) is 10.6 Å². The fraction of sp³-hybridized carbons (Fsp3) is 1.00. The molecule has 2 nitrogen and oxygen atoms in total. The van der Waals surface area contributed by atoms with Gasteiger partial charge in [-0.1, -0.05) is 0 Å². The van der Waals surface area contributed by atoms with Gasteiger partial charge in [0.2, 0.25) is 0 Å². The second-order valence-electron chi connectivity index (χ2n) is 3.93. The summed E-state index contributed by atoms with van der Waals surface area (Å²) >= 11 is 0. The minimum absolute atomic E-state index is 0.298. The second kappa shape index (κ2) is 3.71. The largest absolute Gasteiger partial charge is 0.317 e. The molecule has 0 aliphatic carbocycles. The third-order valence-corrected chi connectivity index (χ3v) is 3.17. The fourth-order valence-corrected chi connectivity index (χ4v) is 2.40. The molecule has 2 rings (SSSR count). The molecule has 2 aliphatic heterocycles. The Balaban J connectivity index is 1.89. The smallest absolute Gasteiger partial charge is 0.117 e. The van der Waals surface area contributed by atoms with Crippen molar-refractivity contribution in [3.63, 3.8) is 0 Å². The van der Waals surface area contributed by atoms with E-state index in [2.05, 4.69) is 10.6 Å². The highest BCUT2D eigenvalue weighted by molar-refractivity contribution is 4.87. The molecule has 0 spiro atoms. The van der Waals surface area contributed by atoms with E-state index in [-0.39, 0.29) is 0 Å². The highest BCUT2D eigenvalue weighted by Crippen LogP contribution is 2.28. The van der Waals surface area contributed by atoms with Crippen molar-refractivity contribution in [2.75, 3.05) is 26.2 Å². The molecule has 0 radical (unpaired) electrons. The Hall–Kier alpha value is -0.150. The molecule has 0 amide bonds. The van der Waals surface area contributed by atoms with Crippen LogP contribution < -0.4 is 10.6 Å². The topological polar surface area (TPSA) is 24.1 Å². The van der Waals surface area contributed by atoms with Crippen molar-refractivity contribution in [2.45, 2.75) is 19.0 Å². The van der Waals surface area contributed by atoms with Crippen LogP contribution in [0.25, 0.3) is 0 Å². The first-order valence-electron chi connectivity index (χ1n) is 4.93. The molecule has 2 atom stereocenters. The normalized spacial score (nSPS) is 38.8. The maximum absolute atomic E-state index is 13.3. The van der Waals surface area contributed by atoms with Gasteiger partial charge in [0.15, 0.2) is 0 Å². The number of halogens is 1. The Labute approximate surface area is 72.9 Å². The lowest BCUT2D eigenvalue weighted by Gasteiger charge is -2.28. The van der Waals surface area contributed by atoms with E-state index >= 15 is 0 Å². The van der Waals surface area contributed by atoms with Gasteiger partial charge in [-0.25, -0.2) is 4.39 Å². The minimum Gasteiger partial charge on any atom is -0.317 e. The summed E-state index contributed by atoms with van der Waals surface area (Å²) in [5.41, 5.74) is 0. The highest BCUT2D eigenvalue weighted by atomic mass is 19.1. The van der Waals surface area contributed by atoms with Crippen molar-refractivity contribution < 1.29 is 4.39 Å². The van der Waals surface area contributed by atoms with Crippen molar-refractivity contribution >= 4 is 0 Å². The van der Waals surface area contributed by atoms with Crippen LogP contribution in [0, 0.1) is 11.8 Å². The van der Waals surface area contributed by atoms with E-state index in [0.29, 0.717) is 18.4 Å². The molecule has 0 aromatic carbocycles. The van der Waals surface area contributed by atoms with Crippen LogP contribution in [0.1, 0.15) is 12.8 Å². The van der Waals surface area contributed by atoms with Crippen molar-refractivity contribution in [1.29, 1.82) is 0 Å². The third kappa shape index (κ3) is 1.62. The molecule has 2 N–H and O–H groups in total. The second-order valence-corrected chi connectivity index (χ2v) is 3.93. The van der Waals surface area contributed by atoms with Gasteiger partial charge >= 0.3 is 0 Å². The Morgan fingerprint density at radius 2 is 1.75 bits per heavy atom. The predicted octanol–water partition coefficient (Wildman–Crippen LogP) is 0.543. The molecule has 2 fully saturated rings. The molecule has 0 bridgehead atoms. The van der Waals surface area contributed by atoms with E-state index < -0.39 is 6.17 Å². The van der Waals surface area contributed by atoms with Gasteiger partial charge in [0.25, 0.3) is 0 Å². The summed E-state index contributed by atoms with van der Waals surface area (Å²) in [4.78, 5) is 0. The lowest BCUT2D eigenvalue weighted by molar-refractivity contribution is 0.182. The number of hydrogen-bond donors (Lipinski definition) is 2. The van der Waals surface area contributed by atoms with Crippen molar-refractivity contribution in [2.24, 2.45) is 11.8 Å². The number of rotatable bonds is 1. The molecule has 2 aliphatic rings. The molecule has 0 saturated carbocycles. The zero-order chi connectivity index (χ0) is 8.39. The lowest BCUT2D eigenvalue weighted by atomic mass is 9.83. The van der Waals surface area contributed by atoms with E-state index in [1.165, 1.54) is 0 Å². The molecule has 2 unspecified atom stereocenters. The fourth-order valence-electron chi connectivity index (χ4n) is 2.40. The average molecular weight is 172 g/mol. The minimum atomic E-state index is -0.590. The zero-order valence-electron chi connectivity index (χ0n) is 7.35. The highest BCUT2D eigenvalue weighted by Gasteiger charge is 2.33. The van der Waals surface area contributed by atoms with E-state index in [0.717, 1.165) is 32.5 Å². The van der Waals surface area contributed by atoms with E-state index in [9.17, 15) is 4.39 Å². The molecule has 0 aromatic heterocycles. The summed E-state index contributed by atoms with van der Waals surface area (Å²) in [6.45, 7) is 3.63. The summed E-state index contributed by atoms with van der Waals surface area (Å²) in [6.07, 6.45) is 1.73. The molecule has 2 heterocycles. The molecular weight excluding hydrogens is 155 g/mol. The van der Waals surface area contributed by atoms with Crippen molar-refractivity contribution in [3.8, 4) is 0 Å². The van der Waals surface area contributed by atoms with Crippen LogP contribution in [-0.4, -0.2) is 32.4 Å². The molecule has 70 valence electrons. The summed E-state index contributed by atoms with van der Waals surface area (Å²) in [6, 6.07) is 0. The van der Waals surface area contributed by atoms with Gasteiger partial charge in [-0.15, -0.1) is 0 Å². The first kappa shape index (κ1) is 8.45. The molecule has 3 heteroatoms. The van der Waals surface area contributed by atoms with Crippen LogP contribution in [0.15, 0.2) is 0 Å². The van der Waals surface area contributed by atoms with Gasteiger partial charge in [-0.3, -0.25) is 0 Å². The summed E-state index contributed by atoms with van der Waals surface area (Å²) < 4.78 is 13.3. The van der Waals surface area contributed by atoms with Gasteiger partial charge in [-0.2, -0.15) is 0 Å². The maximum atomic E-state index is 13.3. The summed E-state index contributed by atoms with van der Waals surface area (Å²) in [5, 5.41) is 6.43. The van der Waals surface area contributed by atoms with Crippen LogP contribution in [0.5, 0.6) is 0 Å². The third-order valence-electron chi connectivity index (χ3n) is 3.17. The monoisotopic (exact) mass is 172 g/mol. The number of nitrogens with one attached hydrogen (secondary N) is 2. The lowest BCUT2D eigenvalue weighted by Crippen LogP contribution is -2.34. The van der Waals surface area contributed by atoms with Gasteiger partial charge in [0.05, 0.1) is 0 Å². The Bertz CT molecular complexity index is 145.